The number of hydrogen-bond acceptors (Lipinski definition) is 4. The van der Waals surface area contributed by atoms with Gasteiger partial charge < -0.3 is 9.47 Å². The lowest BCUT2D eigenvalue weighted by Gasteiger charge is -2.41. The second-order valence-electron chi connectivity index (χ2n) is 8.43. The van der Waals surface area contributed by atoms with Crippen molar-refractivity contribution in [3.05, 3.63) is 64.7 Å². The molecule has 4 nitrogen and oxygen atoms in total. The van der Waals surface area contributed by atoms with Crippen LogP contribution in [0.5, 0.6) is 5.75 Å². The van der Waals surface area contributed by atoms with E-state index in [4.69, 9.17) is 11.6 Å². The molecule has 2 aromatic carbocycles. The average Bonchev–Trinajstić information content (AvgIpc) is 2.70. The summed E-state index contributed by atoms with van der Waals surface area (Å²) in [6, 6.07) is 10.9. The first-order valence-electron chi connectivity index (χ1n) is 11.7. The Bertz CT molecular complexity index is 1070. The number of carbonyl (C=O) groups is 2. The van der Waals surface area contributed by atoms with Crippen LogP contribution in [0.15, 0.2) is 42.5 Å². The summed E-state index contributed by atoms with van der Waals surface area (Å²) in [7, 11) is 0. The zero-order valence-electron chi connectivity index (χ0n) is 21.6. The Balaban J connectivity index is 1.75. The maximum atomic E-state index is 12.8. The first kappa shape index (κ1) is 14.4. The average molecular weight is 386 g/mol. The molecule has 0 aliphatic heterocycles. The molecule has 0 unspecified atom stereocenters. The number of ether oxygens (including phenoxy) is 2. The van der Waals surface area contributed by atoms with E-state index in [0.29, 0.717) is 5.56 Å². The van der Waals surface area contributed by atoms with E-state index in [1.807, 2.05) is 12.1 Å². The van der Waals surface area contributed by atoms with Crippen LogP contribution >= 0.6 is 0 Å². The van der Waals surface area contributed by atoms with Gasteiger partial charge in [0.1, 0.15) is 5.75 Å². The quantitative estimate of drug-likeness (QED) is 0.520. The van der Waals surface area contributed by atoms with Crippen molar-refractivity contribution < 1.29 is 25.9 Å². The van der Waals surface area contributed by atoms with Gasteiger partial charge in [-0.2, -0.15) is 0 Å². The Labute approximate surface area is 173 Å². The molecule has 3 rings (SSSR count). The summed E-state index contributed by atoms with van der Waals surface area (Å²) in [5.74, 6) is -1.48. The lowest BCUT2D eigenvalue weighted by Crippen LogP contribution is -2.34. The van der Waals surface area contributed by atoms with Gasteiger partial charge >= 0.3 is 11.9 Å². The summed E-state index contributed by atoms with van der Waals surface area (Å²) in [6.07, 6.45) is 2.09. The van der Waals surface area contributed by atoms with E-state index in [1.54, 1.807) is 6.07 Å². The number of hydrogen-bond donors (Lipinski definition) is 0. The Morgan fingerprint density at radius 3 is 2.18 bits per heavy atom. The number of esters is 2. The molecule has 0 heterocycles. The van der Waals surface area contributed by atoms with Crippen molar-refractivity contribution in [2.24, 2.45) is 0 Å². The summed E-state index contributed by atoms with van der Waals surface area (Å²) in [6.45, 7) is 2.51. The lowest BCUT2D eigenvalue weighted by atomic mass is 9.63. The summed E-state index contributed by atoms with van der Waals surface area (Å²) in [4.78, 5) is 24.9. The van der Waals surface area contributed by atoms with E-state index in [1.165, 1.54) is 29.8 Å². The van der Waals surface area contributed by atoms with Gasteiger partial charge in [0, 0.05) is 4.11 Å². The van der Waals surface area contributed by atoms with E-state index in [9.17, 15) is 9.59 Å². The van der Waals surface area contributed by atoms with Crippen molar-refractivity contribution in [3.63, 3.8) is 0 Å². The molecule has 0 bridgehead atoms. The highest BCUT2D eigenvalue weighted by Gasteiger charge is 2.37. The summed E-state index contributed by atoms with van der Waals surface area (Å²) >= 11 is 0. The summed E-state index contributed by atoms with van der Waals surface area (Å²) in [5, 5.41) is 0. The summed E-state index contributed by atoms with van der Waals surface area (Å²) in [5.41, 5.74) is 2.70. The van der Waals surface area contributed by atoms with Gasteiger partial charge in [0.25, 0.3) is 0 Å². The Kier molecular flexibility index (Phi) is 3.81. The molecule has 0 saturated carbocycles. The second-order valence-corrected chi connectivity index (χ2v) is 8.43. The largest absolute Gasteiger partial charge is 0.462 e. The molecule has 0 fully saturated rings. The van der Waals surface area contributed by atoms with E-state index >= 15 is 0 Å². The highest BCUT2D eigenvalue weighted by Crippen LogP contribution is 2.45. The maximum absolute atomic E-state index is 12.8. The molecule has 0 amide bonds. The minimum absolute atomic E-state index is 0.0347. The molecule has 2 aromatic rings. The third-order valence-electron chi connectivity index (χ3n) is 5.53. The molecule has 4 heteroatoms. The van der Waals surface area contributed by atoms with Crippen LogP contribution in [0, 0.1) is 0 Å². The smallest absolute Gasteiger partial charge is 0.343 e. The molecule has 0 N–H and O–H groups in total. The molecule has 0 saturated heterocycles. The Hall–Kier alpha value is -2.62. The monoisotopic (exact) mass is 385 g/mol. The van der Waals surface area contributed by atoms with Crippen molar-refractivity contribution >= 4 is 11.9 Å². The van der Waals surface area contributed by atoms with E-state index < -0.39 is 25.3 Å². The van der Waals surface area contributed by atoms with E-state index in [2.05, 4.69) is 32.4 Å². The molecular weight excluding hydrogens is 352 g/mol. The van der Waals surface area contributed by atoms with Crippen LogP contribution in [0.25, 0.3) is 0 Å². The van der Waals surface area contributed by atoms with Crippen LogP contribution in [0.3, 0.4) is 0 Å². The molecular formula is C24H28O4. The third kappa shape index (κ3) is 3.96. The van der Waals surface area contributed by atoms with Crippen LogP contribution in [-0.2, 0) is 15.6 Å². The van der Waals surface area contributed by atoms with Gasteiger partial charge in [-0.3, -0.25) is 0 Å². The molecule has 0 atom stereocenters. The van der Waals surface area contributed by atoms with E-state index in [0.717, 1.165) is 18.4 Å². The molecule has 1 aliphatic rings. The molecule has 28 heavy (non-hydrogen) atoms. The van der Waals surface area contributed by atoms with Crippen LogP contribution < -0.4 is 4.74 Å². The van der Waals surface area contributed by atoms with Gasteiger partial charge in [0.05, 0.1) is 20.4 Å². The predicted molar refractivity (Wildman–Crippen MR) is 109 cm³/mol. The van der Waals surface area contributed by atoms with Crippen molar-refractivity contribution in [2.45, 2.75) is 58.2 Å². The minimum Gasteiger partial charge on any atom is -0.462 e. The molecule has 0 aromatic heterocycles. The molecule has 0 radical (unpaired) electrons. The van der Waals surface area contributed by atoms with Gasteiger partial charge in [0.2, 0.25) is 0 Å². The zero-order chi connectivity index (χ0) is 24.8. The molecule has 148 valence electrons. The normalized spacial score (nSPS) is 20.4. The Morgan fingerprint density at radius 2 is 1.54 bits per heavy atom. The van der Waals surface area contributed by atoms with Gasteiger partial charge in [-0.1, -0.05) is 33.8 Å². The number of benzene rings is 2. The second kappa shape index (κ2) is 7.42. The highest BCUT2D eigenvalue weighted by molar-refractivity contribution is 5.92. The van der Waals surface area contributed by atoms with Gasteiger partial charge in [-0.05, 0) is 78.0 Å². The fourth-order valence-corrected chi connectivity index (χ4v) is 3.65. The van der Waals surface area contributed by atoms with Crippen molar-refractivity contribution in [3.8, 4) is 5.75 Å². The van der Waals surface area contributed by atoms with Crippen molar-refractivity contribution in [1.82, 2.24) is 0 Å². The van der Waals surface area contributed by atoms with Crippen LogP contribution in [-0.4, -0.2) is 18.5 Å². The number of carbonyl (C=O) groups excluding carboxylic acids is 2. The number of fused-ring (bicyclic) bond motifs is 1. The van der Waals surface area contributed by atoms with Crippen molar-refractivity contribution in [2.75, 3.05) is 6.56 Å². The fraction of sp³-hybridized carbons (Fsp3) is 0.417. The summed E-state index contributed by atoms with van der Waals surface area (Å²) < 4.78 is 46.1. The van der Waals surface area contributed by atoms with Crippen LogP contribution in [0.1, 0.15) is 86.1 Å². The SMILES string of the molecule is [2H]C([2H])([2H])C([2H])([2H])OC(=O)c1ccc(OC(=O)c2ccc3c(c2)C(C)(C)CCC3(C)C)cc1. The predicted octanol–water partition coefficient (Wildman–Crippen LogP) is 5.43. The zero-order valence-corrected chi connectivity index (χ0v) is 16.6. The molecule has 1 aliphatic carbocycles. The maximum Gasteiger partial charge on any atom is 0.343 e. The highest BCUT2D eigenvalue weighted by atomic mass is 16.5. The fourth-order valence-electron chi connectivity index (χ4n) is 3.65. The molecule has 0 spiro atoms. The third-order valence-corrected chi connectivity index (χ3v) is 5.53. The standard InChI is InChI=1S/C24H28O4/c1-6-27-21(25)16-7-10-18(11-8-16)28-22(26)17-9-12-19-20(15-17)24(4,5)14-13-23(19,2)3/h7-12,15H,6,13-14H2,1-5H3/i1D3,6D2. The van der Waals surface area contributed by atoms with Gasteiger partial charge in [-0.25, -0.2) is 9.59 Å². The first-order chi connectivity index (χ1) is 15.0. The first-order valence-corrected chi connectivity index (χ1v) is 9.24. The van der Waals surface area contributed by atoms with Gasteiger partial charge in [0.15, 0.2) is 0 Å². The van der Waals surface area contributed by atoms with Crippen molar-refractivity contribution in [1.29, 1.82) is 0 Å². The van der Waals surface area contributed by atoms with E-state index in [-0.39, 0.29) is 22.1 Å². The van der Waals surface area contributed by atoms with Crippen LogP contribution in [0.2, 0.25) is 0 Å². The Morgan fingerprint density at radius 1 is 0.929 bits per heavy atom. The van der Waals surface area contributed by atoms with Crippen LogP contribution in [0.4, 0.5) is 0 Å². The lowest BCUT2D eigenvalue weighted by molar-refractivity contribution is 0.0526. The number of rotatable bonds is 4. The minimum atomic E-state index is -3.12. The van der Waals surface area contributed by atoms with Gasteiger partial charge in [-0.15, -0.1) is 0 Å². The topological polar surface area (TPSA) is 52.6 Å².